The Morgan fingerprint density at radius 2 is 1.69 bits per heavy atom. The van der Waals surface area contributed by atoms with E-state index in [9.17, 15) is 31.1 Å². The first-order valence-electron chi connectivity index (χ1n) is 11.1. The van der Waals surface area contributed by atoms with Crippen molar-refractivity contribution in [2.45, 2.75) is 38.0 Å². The van der Waals surface area contributed by atoms with Gasteiger partial charge < -0.3 is 15.1 Å². The first-order valence-corrected chi connectivity index (χ1v) is 11.1. The number of amidine groups is 2. The first kappa shape index (κ1) is 27.2. The first-order chi connectivity index (χ1) is 16.9. The van der Waals surface area contributed by atoms with E-state index in [0.29, 0.717) is 11.0 Å². The molecule has 194 valence electrons. The summed E-state index contributed by atoms with van der Waals surface area (Å²) in [5.41, 5.74) is 0.720. The van der Waals surface area contributed by atoms with Crippen molar-refractivity contribution in [1.82, 2.24) is 15.1 Å². The van der Waals surface area contributed by atoms with E-state index in [1.165, 1.54) is 4.90 Å². The van der Waals surface area contributed by atoms with Gasteiger partial charge in [0, 0.05) is 37.7 Å². The Morgan fingerprint density at radius 1 is 1.06 bits per heavy atom. The highest BCUT2D eigenvalue weighted by Gasteiger charge is 2.41. The van der Waals surface area contributed by atoms with E-state index in [2.05, 4.69) is 5.32 Å². The van der Waals surface area contributed by atoms with Crippen LogP contribution in [0.25, 0.3) is 0 Å². The second-order valence-corrected chi connectivity index (χ2v) is 8.52. The van der Waals surface area contributed by atoms with Crippen molar-refractivity contribution in [3.63, 3.8) is 0 Å². The van der Waals surface area contributed by atoms with E-state index in [4.69, 9.17) is 10.8 Å². The van der Waals surface area contributed by atoms with E-state index < -0.39 is 53.8 Å². The van der Waals surface area contributed by atoms with Crippen molar-refractivity contribution < 1.29 is 31.1 Å². The molecule has 6 nitrogen and oxygen atoms in total. The van der Waals surface area contributed by atoms with Crippen LogP contribution in [-0.4, -0.2) is 59.2 Å². The average Bonchev–Trinajstić information content (AvgIpc) is 2.81. The molecule has 0 saturated carbocycles. The number of hydrogen-bond acceptors (Lipinski definition) is 4. The normalized spacial score (nSPS) is 16.1. The Bertz CT molecular complexity index is 1120. The third-order valence-corrected chi connectivity index (χ3v) is 5.91. The molecule has 1 aliphatic rings. The van der Waals surface area contributed by atoms with Gasteiger partial charge in [-0.25, -0.2) is 13.2 Å². The van der Waals surface area contributed by atoms with E-state index in [1.54, 1.807) is 0 Å². The molecule has 3 N–H and O–H groups in total. The fourth-order valence-corrected chi connectivity index (χ4v) is 4.02. The van der Waals surface area contributed by atoms with E-state index in [-0.39, 0.29) is 37.5 Å². The van der Waals surface area contributed by atoms with Crippen molar-refractivity contribution in [2.75, 3.05) is 19.6 Å². The molecule has 2 atom stereocenters. The van der Waals surface area contributed by atoms with Gasteiger partial charge in [-0.3, -0.25) is 15.6 Å². The Labute approximate surface area is 203 Å². The summed E-state index contributed by atoms with van der Waals surface area (Å²) in [7, 11) is 0. The van der Waals surface area contributed by atoms with Gasteiger partial charge in [0.05, 0.1) is 6.54 Å². The van der Waals surface area contributed by atoms with Gasteiger partial charge in [-0.15, -0.1) is 0 Å². The molecule has 0 bridgehead atoms. The maximum Gasteiger partial charge on any atom is 0.449 e. The highest BCUT2D eigenvalue weighted by molar-refractivity contribution is 6.02. The summed E-state index contributed by atoms with van der Waals surface area (Å²) in [4.78, 5) is 14.7. The number of benzene rings is 2. The summed E-state index contributed by atoms with van der Waals surface area (Å²) in [6.07, 6.45) is -5.32. The number of carbonyl (C=O) groups is 1. The molecule has 2 unspecified atom stereocenters. The molecule has 1 amide bonds. The quantitative estimate of drug-likeness (QED) is 0.222. The van der Waals surface area contributed by atoms with Crippen LogP contribution in [0.15, 0.2) is 42.5 Å². The number of alkyl halides is 3. The standard InChI is InChI=1S/C24H25F6N5O/c1-14(15-5-3-2-4-6-15)33-17(9-16-10-19(26)20(27)12-18(16)25)11-22(36)34-7-8-35(21(31)13-34)23(32)24(28,29)30/h2-6,10,12,14,17,31-33H,7-9,11,13H2,1H3. The third-order valence-electron chi connectivity index (χ3n) is 5.91. The summed E-state index contributed by atoms with van der Waals surface area (Å²) in [6.45, 7) is 0.850. The van der Waals surface area contributed by atoms with E-state index >= 15 is 0 Å². The Kier molecular flexibility index (Phi) is 8.39. The predicted molar refractivity (Wildman–Crippen MR) is 121 cm³/mol. The van der Waals surface area contributed by atoms with Crippen LogP contribution in [-0.2, 0) is 11.2 Å². The molecule has 12 heteroatoms. The van der Waals surface area contributed by atoms with Crippen LogP contribution in [0, 0.1) is 28.3 Å². The maximum absolute atomic E-state index is 14.3. The van der Waals surface area contributed by atoms with Crippen molar-refractivity contribution in [3.05, 3.63) is 71.0 Å². The molecule has 0 aromatic heterocycles. The molecule has 1 fully saturated rings. The van der Waals surface area contributed by atoms with Crippen molar-refractivity contribution in [3.8, 4) is 0 Å². The SMILES string of the molecule is CC(NC(CC(=O)N1CCN(C(=N)C(F)(F)F)C(=N)C1)Cc1cc(F)c(F)cc1F)c1ccccc1. The van der Waals surface area contributed by atoms with Gasteiger partial charge in [-0.2, -0.15) is 13.2 Å². The minimum Gasteiger partial charge on any atom is -0.333 e. The summed E-state index contributed by atoms with van der Waals surface area (Å²) in [6, 6.07) is 9.23. The minimum absolute atomic E-state index is 0.143. The van der Waals surface area contributed by atoms with Crippen molar-refractivity contribution >= 4 is 17.6 Å². The minimum atomic E-state index is -4.92. The van der Waals surface area contributed by atoms with Gasteiger partial charge in [0.15, 0.2) is 11.6 Å². The van der Waals surface area contributed by atoms with E-state index in [1.807, 2.05) is 37.3 Å². The van der Waals surface area contributed by atoms with Gasteiger partial charge in [-0.1, -0.05) is 30.3 Å². The lowest BCUT2D eigenvalue weighted by Crippen LogP contribution is -2.57. The van der Waals surface area contributed by atoms with Gasteiger partial charge in [0.1, 0.15) is 11.7 Å². The molecule has 0 radical (unpaired) electrons. The number of amides is 1. The number of hydrogen-bond donors (Lipinski definition) is 3. The number of carbonyl (C=O) groups excluding carboxylic acids is 1. The molecule has 0 aliphatic carbocycles. The lowest BCUT2D eigenvalue weighted by atomic mass is 9.99. The Hall–Kier alpha value is -3.41. The predicted octanol–water partition coefficient (Wildman–Crippen LogP) is 4.42. The topological polar surface area (TPSA) is 83.3 Å². The molecule has 0 spiro atoms. The second kappa shape index (κ2) is 11.1. The highest BCUT2D eigenvalue weighted by atomic mass is 19.4. The zero-order valence-corrected chi connectivity index (χ0v) is 19.3. The molecule has 3 rings (SSSR count). The zero-order chi connectivity index (χ0) is 26.6. The molecular formula is C24H25F6N5O. The zero-order valence-electron chi connectivity index (χ0n) is 19.3. The van der Waals surface area contributed by atoms with Gasteiger partial charge in [0.2, 0.25) is 11.7 Å². The number of halogens is 6. The van der Waals surface area contributed by atoms with E-state index in [0.717, 1.165) is 11.6 Å². The lowest BCUT2D eigenvalue weighted by Gasteiger charge is -2.37. The summed E-state index contributed by atoms with van der Waals surface area (Å²) in [5, 5.41) is 18.3. The fraction of sp³-hybridized carbons (Fsp3) is 0.375. The number of rotatable bonds is 7. The van der Waals surface area contributed by atoms with Crippen LogP contribution < -0.4 is 5.32 Å². The molecule has 1 aliphatic heterocycles. The van der Waals surface area contributed by atoms with Gasteiger partial charge >= 0.3 is 6.18 Å². The number of nitrogens with zero attached hydrogens (tertiary/aromatic N) is 2. The fourth-order valence-electron chi connectivity index (χ4n) is 4.02. The monoisotopic (exact) mass is 513 g/mol. The molecule has 2 aromatic rings. The molecular weight excluding hydrogens is 488 g/mol. The Morgan fingerprint density at radius 3 is 2.31 bits per heavy atom. The Balaban J connectivity index is 1.75. The summed E-state index contributed by atoms with van der Waals surface area (Å²) >= 11 is 0. The van der Waals surface area contributed by atoms with Gasteiger partial charge in [0.25, 0.3) is 0 Å². The molecule has 36 heavy (non-hydrogen) atoms. The highest BCUT2D eigenvalue weighted by Crippen LogP contribution is 2.22. The van der Waals surface area contributed by atoms with Crippen LogP contribution in [0.4, 0.5) is 26.3 Å². The number of piperazine rings is 1. The maximum atomic E-state index is 14.3. The van der Waals surface area contributed by atoms with Crippen molar-refractivity contribution in [1.29, 1.82) is 10.8 Å². The summed E-state index contributed by atoms with van der Waals surface area (Å²) in [5.74, 6) is -6.28. The van der Waals surface area contributed by atoms with Crippen molar-refractivity contribution in [2.24, 2.45) is 0 Å². The number of nitrogens with one attached hydrogen (secondary N) is 3. The second-order valence-electron chi connectivity index (χ2n) is 8.52. The molecule has 2 aromatic carbocycles. The van der Waals surface area contributed by atoms with Crippen LogP contribution in [0.1, 0.15) is 30.5 Å². The lowest BCUT2D eigenvalue weighted by molar-refractivity contribution is -0.131. The van der Waals surface area contributed by atoms with Crippen LogP contribution in [0.5, 0.6) is 0 Å². The largest absolute Gasteiger partial charge is 0.449 e. The molecule has 1 saturated heterocycles. The van der Waals surface area contributed by atoms with Crippen LogP contribution in [0.3, 0.4) is 0 Å². The third kappa shape index (κ3) is 6.62. The van der Waals surface area contributed by atoms with Crippen LogP contribution >= 0.6 is 0 Å². The summed E-state index contributed by atoms with van der Waals surface area (Å²) < 4.78 is 80.0. The smallest absolute Gasteiger partial charge is 0.333 e. The average molecular weight is 513 g/mol. The van der Waals surface area contributed by atoms with Gasteiger partial charge in [-0.05, 0) is 30.5 Å². The van der Waals surface area contributed by atoms with Crippen LogP contribution in [0.2, 0.25) is 0 Å². The molecule has 1 heterocycles.